The van der Waals surface area contributed by atoms with Gasteiger partial charge in [0.1, 0.15) is 5.51 Å². The highest BCUT2D eigenvalue weighted by Crippen LogP contribution is 2.34. The van der Waals surface area contributed by atoms with Gasteiger partial charge in [-0.25, -0.2) is 0 Å². The molecule has 0 fully saturated rings. The predicted octanol–water partition coefficient (Wildman–Crippen LogP) is 2.44. The van der Waals surface area contributed by atoms with Gasteiger partial charge in [0.05, 0.1) is 10.6 Å². The van der Waals surface area contributed by atoms with Gasteiger partial charge in [0.25, 0.3) is 0 Å². The normalized spacial score (nSPS) is 11.7. The van der Waals surface area contributed by atoms with E-state index in [-0.39, 0.29) is 5.84 Å². The highest BCUT2D eigenvalue weighted by Gasteiger charge is 2.13. The number of aromatic nitrogens is 2. The third kappa shape index (κ3) is 2.68. The summed E-state index contributed by atoms with van der Waals surface area (Å²) in [7, 11) is 0. The third-order valence-electron chi connectivity index (χ3n) is 1.88. The Morgan fingerprint density at radius 3 is 3.00 bits per heavy atom. The fourth-order valence-electron chi connectivity index (χ4n) is 1.19. The summed E-state index contributed by atoms with van der Waals surface area (Å²) in [6, 6.07) is 5.30. The van der Waals surface area contributed by atoms with Crippen LogP contribution in [0.2, 0.25) is 5.02 Å². The van der Waals surface area contributed by atoms with Crippen LogP contribution in [-0.2, 0) is 0 Å². The summed E-state index contributed by atoms with van der Waals surface area (Å²) < 4.78 is 0.763. The van der Waals surface area contributed by atoms with E-state index in [0.717, 1.165) is 9.24 Å². The zero-order valence-electron chi connectivity index (χ0n) is 8.37. The van der Waals surface area contributed by atoms with E-state index in [1.54, 1.807) is 17.6 Å². The van der Waals surface area contributed by atoms with E-state index in [1.165, 1.54) is 23.1 Å². The molecule has 0 saturated heterocycles. The molecule has 3 N–H and O–H groups in total. The standard InChI is InChI=1S/C9H7ClN4OS2/c10-5-2-1-3-6(7(5)8(11)14-15)17-9-13-12-4-16-9/h1-4,15H,(H2,11,14). The van der Waals surface area contributed by atoms with Crippen LogP contribution in [0.15, 0.2) is 38.1 Å². The molecule has 2 rings (SSSR count). The van der Waals surface area contributed by atoms with E-state index in [9.17, 15) is 0 Å². The Morgan fingerprint density at radius 1 is 1.53 bits per heavy atom. The summed E-state index contributed by atoms with van der Waals surface area (Å²) in [5.74, 6) is -0.0254. The van der Waals surface area contributed by atoms with E-state index in [0.29, 0.717) is 10.6 Å². The fraction of sp³-hybridized carbons (Fsp3) is 0. The van der Waals surface area contributed by atoms with Gasteiger partial charge < -0.3 is 10.9 Å². The van der Waals surface area contributed by atoms with Crippen LogP contribution in [0.3, 0.4) is 0 Å². The summed E-state index contributed by atoms with van der Waals surface area (Å²) >= 11 is 8.80. The van der Waals surface area contributed by atoms with Crippen molar-refractivity contribution in [2.45, 2.75) is 9.24 Å². The van der Waals surface area contributed by atoms with Crippen molar-refractivity contribution in [2.75, 3.05) is 0 Å². The lowest BCUT2D eigenvalue weighted by atomic mass is 10.2. The van der Waals surface area contributed by atoms with Crippen molar-refractivity contribution in [3.8, 4) is 0 Å². The maximum atomic E-state index is 8.73. The van der Waals surface area contributed by atoms with Gasteiger partial charge in [-0.3, -0.25) is 0 Å². The van der Waals surface area contributed by atoms with Gasteiger partial charge in [0.2, 0.25) is 0 Å². The van der Waals surface area contributed by atoms with Crippen LogP contribution >= 0.6 is 34.7 Å². The van der Waals surface area contributed by atoms with Crippen molar-refractivity contribution in [3.05, 3.63) is 34.3 Å². The van der Waals surface area contributed by atoms with Crippen LogP contribution < -0.4 is 5.73 Å². The molecule has 1 aromatic carbocycles. The number of halogens is 1. The van der Waals surface area contributed by atoms with Crippen LogP contribution in [0.5, 0.6) is 0 Å². The van der Waals surface area contributed by atoms with Crippen molar-refractivity contribution in [1.29, 1.82) is 0 Å². The number of oxime groups is 1. The van der Waals surface area contributed by atoms with Crippen molar-refractivity contribution < 1.29 is 5.21 Å². The topological polar surface area (TPSA) is 84.4 Å². The average Bonchev–Trinajstić information content (AvgIpc) is 2.81. The van der Waals surface area contributed by atoms with Crippen molar-refractivity contribution in [2.24, 2.45) is 10.9 Å². The Balaban J connectivity index is 2.43. The number of hydrogen-bond acceptors (Lipinski definition) is 6. The molecule has 0 amide bonds. The first-order valence-corrected chi connectivity index (χ1v) is 6.50. The van der Waals surface area contributed by atoms with Crippen LogP contribution in [0.4, 0.5) is 0 Å². The zero-order chi connectivity index (χ0) is 12.3. The minimum Gasteiger partial charge on any atom is -0.409 e. The average molecular weight is 287 g/mol. The Hall–Kier alpha value is -1.31. The number of nitrogens with two attached hydrogens (primary N) is 1. The van der Waals surface area contributed by atoms with Crippen LogP contribution in [0.25, 0.3) is 0 Å². The molecule has 0 aliphatic heterocycles. The second-order valence-electron chi connectivity index (χ2n) is 2.90. The lowest BCUT2D eigenvalue weighted by molar-refractivity contribution is 0.318. The summed E-state index contributed by atoms with van der Waals surface area (Å²) in [6.45, 7) is 0. The number of nitrogens with zero attached hydrogens (tertiary/aromatic N) is 3. The molecular formula is C9H7ClN4OS2. The molecule has 0 radical (unpaired) electrons. The van der Waals surface area contributed by atoms with Gasteiger partial charge in [-0.15, -0.1) is 10.2 Å². The molecule has 0 bridgehead atoms. The van der Waals surface area contributed by atoms with Gasteiger partial charge in [-0.2, -0.15) is 0 Å². The summed E-state index contributed by atoms with van der Waals surface area (Å²) in [5, 5.41) is 19.8. The van der Waals surface area contributed by atoms with E-state index in [2.05, 4.69) is 15.4 Å². The van der Waals surface area contributed by atoms with E-state index in [4.69, 9.17) is 22.5 Å². The first-order valence-electron chi connectivity index (χ1n) is 4.43. The summed E-state index contributed by atoms with van der Waals surface area (Å²) in [4.78, 5) is 0.768. The Labute approximate surface area is 110 Å². The molecule has 5 nitrogen and oxygen atoms in total. The Bertz CT molecular complexity index is 544. The number of benzene rings is 1. The van der Waals surface area contributed by atoms with Gasteiger partial charge in [0.15, 0.2) is 10.2 Å². The predicted molar refractivity (Wildman–Crippen MR) is 68.0 cm³/mol. The highest BCUT2D eigenvalue weighted by atomic mass is 35.5. The maximum absolute atomic E-state index is 8.73. The first-order chi connectivity index (χ1) is 8.22. The van der Waals surface area contributed by atoms with Gasteiger partial charge in [-0.1, -0.05) is 45.9 Å². The molecular weight excluding hydrogens is 280 g/mol. The molecule has 0 unspecified atom stereocenters. The lowest BCUT2D eigenvalue weighted by Gasteiger charge is -2.07. The fourth-order valence-corrected chi connectivity index (χ4v) is 3.13. The molecule has 0 atom stereocenters. The quantitative estimate of drug-likeness (QED) is 0.392. The molecule has 8 heteroatoms. The van der Waals surface area contributed by atoms with Crippen LogP contribution in [-0.4, -0.2) is 21.2 Å². The number of rotatable bonds is 3. The van der Waals surface area contributed by atoms with Crippen molar-refractivity contribution in [1.82, 2.24) is 10.2 Å². The van der Waals surface area contributed by atoms with Gasteiger partial charge in [-0.05, 0) is 12.1 Å². The number of amidine groups is 1. The molecule has 0 aliphatic carbocycles. The summed E-state index contributed by atoms with van der Waals surface area (Å²) in [6.07, 6.45) is 0. The first kappa shape index (κ1) is 12.2. The van der Waals surface area contributed by atoms with Crippen molar-refractivity contribution in [3.63, 3.8) is 0 Å². The highest BCUT2D eigenvalue weighted by molar-refractivity contribution is 8.01. The second kappa shape index (κ2) is 5.35. The molecule has 88 valence electrons. The van der Waals surface area contributed by atoms with E-state index < -0.39 is 0 Å². The zero-order valence-corrected chi connectivity index (χ0v) is 10.8. The molecule has 1 heterocycles. The molecule has 0 spiro atoms. The maximum Gasteiger partial charge on any atom is 0.178 e. The van der Waals surface area contributed by atoms with E-state index >= 15 is 0 Å². The smallest absolute Gasteiger partial charge is 0.178 e. The minimum absolute atomic E-state index is 0.0254. The molecule has 1 aromatic heterocycles. The monoisotopic (exact) mass is 286 g/mol. The largest absolute Gasteiger partial charge is 0.409 e. The van der Waals surface area contributed by atoms with Crippen LogP contribution in [0, 0.1) is 0 Å². The van der Waals surface area contributed by atoms with E-state index in [1.807, 2.05) is 6.07 Å². The Kier molecular flexibility index (Phi) is 3.82. The Morgan fingerprint density at radius 2 is 2.35 bits per heavy atom. The number of hydrogen-bond donors (Lipinski definition) is 2. The van der Waals surface area contributed by atoms with Gasteiger partial charge in [0, 0.05) is 4.90 Å². The van der Waals surface area contributed by atoms with Crippen molar-refractivity contribution >= 4 is 40.5 Å². The van der Waals surface area contributed by atoms with Crippen LogP contribution in [0.1, 0.15) is 5.56 Å². The lowest BCUT2D eigenvalue weighted by Crippen LogP contribution is -2.14. The minimum atomic E-state index is -0.0254. The SMILES string of the molecule is NC(=NO)c1c(Cl)cccc1Sc1nncs1. The third-order valence-corrected chi connectivity index (χ3v) is 4.03. The second-order valence-corrected chi connectivity index (χ2v) is 5.43. The summed E-state index contributed by atoms with van der Waals surface area (Å²) in [5.41, 5.74) is 7.73. The molecule has 17 heavy (non-hydrogen) atoms. The van der Waals surface area contributed by atoms with Gasteiger partial charge >= 0.3 is 0 Å². The molecule has 0 aliphatic rings. The molecule has 0 saturated carbocycles. The molecule has 2 aromatic rings.